The van der Waals surface area contributed by atoms with E-state index in [1.54, 1.807) is 30.2 Å². The molecule has 1 N–H and O–H groups in total. The number of hydrogen-bond donors (Lipinski definition) is 1. The summed E-state index contributed by atoms with van der Waals surface area (Å²) in [5.41, 5.74) is 1.38. The van der Waals surface area contributed by atoms with Crippen molar-refractivity contribution in [1.29, 1.82) is 0 Å². The molecule has 0 saturated carbocycles. The lowest BCUT2D eigenvalue weighted by molar-refractivity contribution is 0.0695. The average Bonchev–Trinajstić information content (AvgIpc) is 2.73. The van der Waals surface area contributed by atoms with E-state index in [1.165, 1.54) is 0 Å². The van der Waals surface area contributed by atoms with Gasteiger partial charge in [0, 0.05) is 34.1 Å². The Labute approximate surface area is 117 Å². The van der Waals surface area contributed by atoms with Crippen LogP contribution in [0.25, 0.3) is 0 Å². The number of halogens is 1. The zero-order valence-corrected chi connectivity index (χ0v) is 12.0. The van der Waals surface area contributed by atoms with Gasteiger partial charge < -0.3 is 9.67 Å². The molecule has 18 heavy (non-hydrogen) atoms. The molecule has 0 atom stereocenters. The maximum absolute atomic E-state index is 11.0. The number of hydrogen-bond acceptors (Lipinski definition) is 3. The highest BCUT2D eigenvalue weighted by Gasteiger charge is 2.09. The summed E-state index contributed by atoms with van der Waals surface area (Å²) in [5, 5.41) is 9.03. The second kappa shape index (κ2) is 5.58. The van der Waals surface area contributed by atoms with Crippen molar-refractivity contribution < 1.29 is 9.90 Å². The second-order valence-corrected chi connectivity index (χ2v) is 5.63. The molecule has 0 aliphatic carbocycles. The Morgan fingerprint density at radius 2 is 2.33 bits per heavy atom. The van der Waals surface area contributed by atoms with Gasteiger partial charge in [-0.3, -0.25) is 0 Å². The van der Waals surface area contributed by atoms with E-state index in [-0.39, 0.29) is 5.56 Å². The van der Waals surface area contributed by atoms with Crippen molar-refractivity contribution in [2.45, 2.75) is 10.6 Å². The van der Waals surface area contributed by atoms with Gasteiger partial charge in [0.1, 0.15) is 0 Å². The van der Waals surface area contributed by atoms with Crippen LogP contribution in [0, 0.1) is 0 Å². The van der Waals surface area contributed by atoms with Crippen LogP contribution in [0.5, 0.6) is 0 Å². The van der Waals surface area contributed by atoms with E-state index >= 15 is 0 Å². The molecular weight excluding hydrogens is 316 g/mol. The Balaban J connectivity index is 2.13. The lowest BCUT2D eigenvalue weighted by Crippen LogP contribution is -1.98. The number of imidazole rings is 1. The molecule has 0 bridgehead atoms. The molecule has 0 amide bonds. The molecule has 6 heteroatoms. The first-order chi connectivity index (χ1) is 8.58. The molecule has 2 aromatic rings. The number of aryl methyl sites for hydroxylation is 1. The number of thioether (sulfide) groups is 1. The average molecular weight is 327 g/mol. The van der Waals surface area contributed by atoms with E-state index in [9.17, 15) is 4.79 Å². The number of carboxylic acid groups (broad SMARTS) is 1. The van der Waals surface area contributed by atoms with Gasteiger partial charge in [0.05, 0.1) is 11.9 Å². The van der Waals surface area contributed by atoms with Gasteiger partial charge >= 0.3 is 5.97 Å². The van der Waals surface area contributed by atoms with Crippen molar-refractivity contribution in [3.63, 3.8) is 0 Å². The second-order valence-electron chi connectivity index (χ2n) is 3.73. The fourth-order valence-electron chi connectivity index (χ4n) is 1.44. The van der Waals surface area contributed by atoms with Crippen LogP contribution in [-0.2, 0) is 12.8 Å². The highest BCUT2D eigenvalue weighted by atomic mass is 79.9. The Morgan fingerprint density at radius 1 is 1.56 bits per heavy atom. The predicted molar refractivity (Wildman–Crippen MR) is 73.9 cm³/mol. The Bertz CT molecular complexity index is 583. The number of benzene rings is 1. The van der Waals surface area contributed by atoms with Gasteiger partial charge in [-0.25, -0.2) is 9.78 Å². The van der Waals surface area contributed by atoms with Crippen LogP contribution >= 0.6 is 27.7 Å². The third-order valence-corrected chi connectivity index (χ3v) is 4.19. The van der Waals surface area contributed by atoms with Gasteiger partial charge in [-0.1, -0.05) is 0 Å². The van der Waals surface area contributed by atoms with E-state index in [4.69, 9.17) is 5.11 Å². The molecule has 0 spiro atoms. The first-order valence-corrected chi connectivity index (χ1v) is 6.96. The number of aromatic nitrogens is 2. The van der Waals surface area contributed by atoms with Crippen molar-refractivity contribution in [2.24, 2.45) is 7.05 Å². The van der Waals surface area contributed by atoms with E-state index in [2.05, 4.69) is 20.9 Å². The summed E-state index contributed by atoms with van der Waals surface area (Å²) in [4.78, 5) is 16.0. The topological polar surface area (TPSA) is 55.1 Å². The molecule has 0 fully saturated rings. The first kappa shape index (κ1) is 13.2. The molecule has 0 radical (unpaired) electrons. The van der Waals surface area contributed by atoms with Gasteiger partial charge in [0.15, 0.2) is 0 Å². The largest absolute Gasteiger partial charge is 0.478 e. The third-order valence-electron chi connectivity index (χ3n) is 2.47. The lowest BCUT2D eigenvalue weighted by Gasteiger charge is -2.05. The lowest BCUT2D eigenvalue weighted by atomic mass is 10.2. The molecular formula is C12H11BrN2O2S. The van der Waals surface area contributed by atoms with E-state index in [1.807, 2.05) is 23.9 Å². The van der Waals surface area contributed by atoms with Crippen molar-refractivity contribution >= 4 is 33.7 Å². The predicted octanol–water partition coefficient (Wildman–Crippen LogP) is 3.17. The number of rotatable bonds is 4. The molecule has 1 aromatic heterocycles. The zero-order valence-electron chi connectivity index (χ0n) is 9.63. The summed E-state index contributed by atoms with van der Waals surface area (Å²) in [5.74, 6) is -0.165. The van der Waals surface area contributed by atoms with Crippen molar-refractivity contribution in [3.8, 4) is 0 Å². The quantitative estimate of drug-likeness (QED) is 0.877. The fraction of sp³-hybridized carbons (Fsp3) is 0.167. The molecule has 1 aromatic carbocycles. The van der Waals surface area contributed by atoms with Crippen LogP contribution in [0.4, 0.5) is 0 Å². The van der Waals surface area contributed by atoms with Crippen LogP contribution in [0.3, 0.4) is 0 Å². The Kier molecular flexibility index (Phi) is 4.08. The number of carbonyl (C=O) groups is 1. The van der Waals surface area contributed by atoms with Crippen LogP contribution in [0.15, 0.2) is 40.1 Å². The Morgan fingerprint density at radius 3 is 2.94 bits per heavy atom. The van der Waals surface area contributed by atoms with Gasteiger partial charge in [0.2, 0.25) is 0 Å². The number of nitrogens with zero attached hydrogens (tertiary/aromatic N) is 2. The molecule has 94 valence electrons. The van der Waals surface area contributed by atoms with Gasteiger partial charge in [0.25, 0.3) is 0 Å². The highest BCUT2D eigenvalue weighted by Crippen LogP contribution is 2.27. The normalized spacial score (nSPS) is 10.6. The molecule has 0 unspecified atom stereocenters. The number of carboxylic acids is 1. The molecule has 4 nitrogen and oxygen atoms in total. The minimum Gasteiger partial charge on any atom is -0.478 e. The van der Waals surface area contributed by atoms with Crippen LogP contribution in [0.2, 0.25) is 0 Å². The molecule has 0 aliphatic rings. The smallest absolute Gasteiger partial charge is 0.336 e. The maximum Gasteiger partial charge on any atom is 0.336 e. The SMILES string of the molecule is Cn1cncc1CSc1ccc(Br)c(C(=O)O)c1. The minimum absolute atomic E-state index is 0.282. The summed E-state index contributed by atoms with van der Waals surface area (Å²) in [6.45, 7) is 0. The van der Waals surface area contributed by atoms with Gasteiger partial charge in [-0.2, -0.15) is 0 Å². The molecule has 0 saturated heterocycles. The summed E-state index contributed by atoms with van der Waals surface area (Å²) in [6.07, 6.45) is 3.56. The maximum atomic E-state index is 11.0. The first-order valence-electron chi connectivity index (χ1n) is 5.19. The van der Waals surface area contributed by atoms with Crippen molar-refractivity contribution in [2.75, 3.05) is 0 Å². The van der Waals surface area contributed by atoms with Gasteiger partial charge in [-0.05, 0) is 34.1 Å². The van der Waals surface area contributed by atoms with Crippen LogP contribution in [-0.4, -0.2) is 20.6 Å². The summed E-state index contributed by atoms with van der Waals surface area (Å²) >= 11 is 4.82. The van der Waals surface area contributed by atoms with E-state index < -0.39 is 5.97 Å². The van der Waals surface area contributed by atoms with Gasteiger partial charge in [-0.15, -0.1) is 11.8 Å². The molecule has 1 heterocycles. The van der Waals surface area contributed by atoms with Crippen molar-refractivity contribution in [1.82, 2.24) is 9.55 Å². The van der Waals surface area contributed by atoms with E-state index in [0.29, 0.717) is 4.47 Å². The molecule has 2 rings (SSSR count). The third kappa shape index (κ3) is 2.94. The summed E-state index contributed by atoms with van der Waals surface area (Å²) in [7, 11) is 1.94. The standard InChI is InChI=1S/C12H11BrN2O2S/c1-15-7-14-5-8(15)6-18-9-2-3-11(13)10(4-9)12(16)17/h2-5,7H,6H2,1H3,(H,16,17). The monoisotopic (exact) mass is 326 g/mol. The number of aromatic carboxylic acids is 1. The summed E-state index contributed by atoms with van der Waals surface area (Å²) in [6, 6.07) is 5.33. The Hall–Kier alpha value is -1.27. The van der Waals surface area contributed by atoms with E-state index in [0.717, 1.165) is 16.3 Å². The van der Waals surface area contributed by atoms with Crippen LogP contribution < -0.4 is 0 Å². The zero-order chi connectivity index (χ0) is 13.1. The fourth-order valence-corrected chi connectivity index (χ4v) is 2.81. The summed E-state index contributed by atoms with van der Waals surface area (Å²) < 4.78 is 2.55. The van der Waals surface area contributed by atoms with Crippen molar-refractivity contribution in [3.05, 3.63) is 46.5 Å². The highest BCUT2D eigenvalue weighted by molar-refractivity contribution is 9.10. The molecule has 0 aliphatic heterocycles. The van der Waals surface area contributed by atoms with Crippen LogP contribution in [0.1, 0.15) is 16.1 Å². The minimum atomic E-state index is -0.926.